The third kappa shape index (κ3) is 4.39. The van der Waals surface area contributed by atoms with E-state index in [-0.39, 0.29) is 13.0 Å². The van der Waals surface area contributed by atoms with E-state index in [1.165, 1.54) is 0 Å². The van der Waals surface area contributed by atoms with Crippen molar-refractivity contribution in [1.29, 1.82) is 0 Å². The van der Waals surface area contributed by atoms with Gasteiger partial charge in [-0.2, -0.15) is 0 Å². The number of ether oxygens (including phenoxy) is 2. The topological polar surface area (TPSA) is 116 Å². The summed E-state index contributed by atoms with van der Waals surface area (Å²) in [7, 11) is 0. The van der Waals surface area contributed by atoms with Gasteiger partial charge in [-0.25, -0.2) is 0 Å². The van der Waals surface area contributed by atoms with E-state index >= 15 is 0 Å². The van der Waals surface area contributed by atoms with Gasteiger partial charge >= 0.3 is 5.97 Å². The minimum Gasteiger partial charge on any atom is -0.463 e. The smallest absolute Gasteiger partial charge is 0.305 e. The summed E-state index contributed by atoms with van der Waals surface area (Å²) in [6.45, 7) is 0.949. The van der Waals surface area contributed by atoms with Gasteiger partial charge in [-0.1, -0.05) is 26.2 Å². The number of rotatable bonds is 8. The zero-order valence-corrected chi connectivity index (χ0v) is 11.7. The summed E-state index contributed by atoms with van der Waals surface area (Å²) < 4.78 is 9.88. The van der Waals surface area contributed by atoms with Crippen LogP contribution in [0.15, 0.2) is 0 Å². The normalized spacial score (nSPS) is 33.4. The van der Waals surface area contributed by atoms with Gasteiger partial charge in [0.25, 0.3) is 0 Å². The fraction of sp³-hybridized carbons (Fsp3) is 0.923. The fourth-order valence-corrected chi connectivity index (χ4v) is 2.08. The van der Waals surface area contributed by atoms with E-state index in [1.54, 1.807) is 0 Å². The summed E-state index contributed by atoms with van der Waals surface area (Å²) in [5.74, 6) is -2.62. The predicted molar refractivity (Wildman–Crippen MR) is 68.6 cm³/mol. The molecule has 0 aromatic carbocycles. The number of carbonyl (C=O) groups excluding carboxylic acids is 1. The highest BCUT2D eigenvalue weighted by molar-refractivity contribution is 5.69. The third-order valence-corrected chi connectivity index (χ3v) is 3.39. The largest absolute Gasteiger partial charge is 0.463 e. The molecule has 0 aromatic heterocycles. The van der Waals surface area contributed by atoms with E-state index < -0.39 is 36.7 Å². The van der Waals surface area contributed by atoms with Gasteiger partial charge in [0.2, 0.25) is 5.79 Å². The van der Waals surface area contributed by atoms with Crippen molar-refractivity contribution < 1.29 is 34.7 Å². The van der Waals surface area contributed by atoms with Crippen molar-refractivity contribution in [2.24, 2.45) is 0 Å². The second-order valence-electron chi connectivity index (χ2n) is 5.09. The molecule has 1 aliphatic heterocycles. The maximum Gasteiger partial charge on any atom is 0.305 e. The maximum atomic E-state index is 11.4. The molecule has 4 atom stereocenters. The fourth-order valence-electron chi connectivity index (χ4n) is 2.08. The Hall–Kier alpha value is -0.730. The Kier molecular flexibility index (Phi) is 6.84. The van der Waals surface area contributed by atoms with Gasteiger partial charge in [-0.05, 0) is 6.42 Å². The van der Waals surface area contributed by atoms with Gasteiger partial charge in [0.15, 0.2) is 0 Å². The highest BCUT2D eigenvalue weighted by Gasteiger charge is 2.53. The van der Waals surface area contributed by atoms with Crippen LogP contribution in [0.2, 0.25) is 0 Å². The predicted octanol–water partition coefficient (Wildman–Crippen LogP) is -0.699. The molecule has 0 saturated carbocycles. The lowest BCUT2D eigenvalue weighted by Crippen LogP contribution is -2.46. The lowest BCUT2D eigenvalue weighted by molar-refractivity contribution is -0.248. The second kappa shape index (κ2) is 7.90. The number of unbranched alkanes of at least 4 members (excludes halogenated alkanes) is 3. The van der Waals surface area contributed by atoms with Crippen molar-refractivity contribution in [3.8, 4) is 0 Å². The number of aliphatic hydroxyl groups is 4. The van der Waals surface area contributed by atoms with Crippen LogP contribution in [0.25, 0.3) is 0 Å². The lowest BCUT2D eigenvalue weighted by atomic mass is 10.1. The molecule has 20 heavy (non-hydrogen) atoms. The van der Waals surface area contributed by atoms with Crippen molar-refractivity contribution in [1.82, 2.24) is 0 Å². The van der Waals surface area contributed by atoms with Crippen molar-refractivity contribution >= 4 is 5.97 Å². The van der Waals surface area contributed by atoms with E-state index in [9.17, 15) is 20.1 Å². The summed E-state index contributed by atoms with van der Waals surface area (Å²) >= 11 is 0. The minimum atomic E-state index is -2.21. The summed E-state index contributed by atoms with van der Waals surface area (Å²) in [5.41, 5.74) is 0. The van der Waals surface area contributed by atoms with Gasteiger partial charge in [-0.15, -0.1) is 0 Å². The van der Waals surface area contributed by atoms with Crippen LogP contribution in [-0.4, -0.2) is 63.7 Å². The molecule has 1 heterocycles. The van der Waals surface area contributed by atoms with Gasteiger partial charge in [0.05, 0.1) is 6.61 Å². The molecule has 1 fully saturated rings. The molecule has 118 valence electrons. The highest BCUT2D eigenvalue weighted by Crippen LogP contribution is 2.29. The summed E-state index contributed by atoms with van der Waals surface area (Å²) in [6.07, 6.45) is 0.0152. The summed E-state index contributed by atoms with van der Waals surface area (Å²) in [6, 6.07) is 0. The molecule has 0 unspecified atom stereocenters. The Bertz CT molecular complexity index is 309. The zero-order chi connectivity index (χ0) is 15.2. The van der Waals surface area contributed by atoms with Crippen LogP contribution in [0.4, 0.5) is 0 Å². The van der Waals surface area contributed by atoms with Crippen LogP contribution in [-0.2, 0) is 14.3 Å². The molecule has 4 N–H and O–H groups in total. The molecule has 0 aromatic rings. The van der Waals surface area contributed by atoms with Gasteiger partial charge < -0.3 is 29.9 Å². The molecule has 1 aliphatic rings. The SMILES string of the molecule is CCCCCCC(=O)OC[C@H]1O[C@](O)(CO)[C@@H](O)[C@@H]1O. The third-order valence-electron chi connectivity index (χ3n) is 3.39. The van der Waals surface area contributed by atoms with E-state index in [4.69, 9.17) is 14.6 Å². The van der Waals surface area contributed by atoms with Crippen LogP contribution in [0.3, 0.4) is 0 Å². The number of aliphatic hydroxyl groups excluding tert-OH is 3. The number of esters is 1. The quantitative estimate of drug-likeness (QED) is 0.345. The van der Waals surface area contributed by atoms with Crippen LogP contribution in [0, 0.1) is 0 Å². The molecule has 1 rings (SSSR count). The minimum absolute atomic E-state index is 0.271. The Morgan fingerprint density at radius 2 is 2.00 bits per heavy atom. The molecule has 7 heteroatoms. The summed E-state index contributed by atoms with van der Waals surface area (Å²) in [4.78, 5) is 11.4. The highest BCUT2D eigenvalue weighted by atomic mass is 16.7. The number of carbonyl (C=O) groups is 1. The molecule has 1 saturated heterocycles. The second-order valence-corrected chi connectivity index (χ2v) is 5.09. The molecular formula is C13H24O7. The van der Waals surface area contributed by atoms with Crippen LogP contribution >= 0.6 is 0 Å². The number of hydrogen-bond donors (Lipinski definition) is 4. The van der Waals surface area contributed by atoms with Crippen LogP contribution in [0.5, 0.6) is 0 Å². The zero-order valence-electron chi connectivity index (χ0n) is 11.7. The van der Waals surface area contributed by atoms with E-state index in [2.05, 4.69) is 6.92 Å². The average molecular weight is 292 g/mol. The lowest BCUT2D eigenvalue weighted by Gasteiger charge is -2.22. The maximum absolute atomic E-state index is 11.4. The molecule has 0 aliphatic carbocycles. The Labute approximate surface area is 118 Å². The van der Waals surface area contributed by atoms with E-state index in [0.29, 0.717) is 0 Å². The Balaban J connectivity index is 2.30. The Morgan fingerprint density at radius 3 is 2.55 bits per heavy atom. The first-order chi connectivity index (χ1) is 9.44. The van der Waals surface area contributed by atoms with Gasteiger partial charge in [0.1, 0.15) is 24.9 Å². The monoisotopic (exact) mass is 292 g/mol. The van der Waals surface area contributed by atoms with Gasteiger partial charge in [-0.3, -0.25) is 4.79 Å². The van der Waals surface area contributed by atoms with Crippen molar-refractivity contribution in [2.45, 2.75) is 63.1 Å². The van der Waals surface area contributed by atoms with Crippen molar-refractivity contribution in [2.75, 3.05) is 13.2 Å². The van der Waals surface area contributed by atoms with Gasteiger partial charge in [0, 0.05) is 6.42 Å². The van der Waals surface area contributed by atoms with E-state index in [1.807, 2.05) is 0 Å². The summed E-state index contributed by atoms with van der Waals surface area (Å²) in [5, 5.41) is 37.7. The molecule has 0 bridgehead atoms. The first-order valence-corrected chi connectivity index (χ1v) is 6.97. The van der Waals surface area contributed by atoms with Crippen molar-refractivity contribution in [3.05, 3.63) is 0 Å². The molecule has 0 radical (unpaired) electrons. The molecule has 0 spiro atoms. The van der Waals surface area contributed by atoms with Crippen LogP contribution < -0.4 is 0 Å². The first kappa shape index (κ1) is 17.3. The average Bonchev–Trinajstić information content (AvgIpc) is 2.66. The standard InChI is InChI=1S/C13H24O7/c1-2-3-4-5-6-10(15)19-7-9-11(16)12(17)13(18,8-14)20-9/h9,11-12,14,16-18H,2-8H2,1H3/t9-,11-,12+,13-/m1/s1. The molecule has 0 amide bonds. The molecule has 7 nitrogen and oxygen atoms in total. The van der Waals surface area contributed by atoms with Crippen LogP contribution in [0.1, 0.15) is 39.0 Å². The molecular weight excluding hydrogens is 268 g/mol. The van der Waals surface area contributed by atoms with E-state index in [0.717, 1.165) is 25.7 Å². The van der Waals surface area contributed by atoms with Crippen molar-refractivity contribution in [3.63, 3.8) is 0 Å². The first-order valence-electron chi connectivity index (χ1n) is 6.97. The Morgan fingerprint density at radius 1 is 1.30 bits per heavy atom. The number of hydrogen-bond acceptors (Lipinski definition) is 7.